The Bertz CT molecular complexity index is 356. The first-order chi connectivity index (χ1) is 9.01. The highest BCUT2D eigenvalue weighted by Gasteiger charge is 2.30. The number of carboxylic acid groups (broad SMARTS) is 1. The fourth-order valence-corrected chi connectivity index (χ4v) is 2.62. The monoisotopic (exact) mass is 267 g/mol. The molecule has 0 aliphatic heterocycles. The minimum Gasteiger partial charge on any atom is -0.481 e. The molecule has 1 rings (SSSR count). The summed E-state index contributed by atoms with van der Waals surface area (Å²) in [6.45, 7) is 3.85. The number of amides is 1. The predicted molar refractivity (Wildman–Crippen MR) is 74.9 cm³/mol. The van der Waals surface area contributed by atoms with Crippen LogP contribution in [-0.4, -0.2) is 22.5 Å². The molecule has 0 bridgehead atoms. The molecule has 0 saturated heterocycles. The van der Waals surface area contributed by atoms with Crippen molar-refractivity contribution in [3.05, 3.63) is 11.6 Å². The summed E-state index contributed by atoms with van der Waals surface area (Å²) in [5.74, 6) is -0.904. The molecular weight excluding hydrogens is 242 g/mol. The van der Waals surface area contributed by atoms with E-state index in [1.54, 1.807) is 0 Å². The first kappa shape index (κ1) is 15.7. The van der Waals surface area contributed by atoms with Gasteiger partial charge in [0, 0.05) is 12.0 Å². The maximum absolute atomic E-state index is 12.1. The summed E-state index contributed by atoms with van der Waals surface area (Å²) >= 11 is 0. The maximum atomic E-state index is 12.1. The highest BCUT2D eigenvalue weighted by atomic mass is 16.4. The van der Waals surface area contributed by atoms with Crippen LogP contribution >= 0.6 is 0 Å². The molecule has 0 saturated carbocycles. The van der Waals surface area contributed by atoms with Crippen LogP contribution in [0, 0.1) is 0 Å². The molecule has 0 heterocycles. The van der Waals surface area contributed by atoms with Gasteiger partial charge in [0.1, 0.15) is 0 Å². The number of hydrogen-bond acceptors (Lipinski definition) is 2. The lowest BCUT2D eigenvalue weighted by atomic mass is 9.88. The van der Waals surface area contributed by atoms with Crippen molar-refractivity contribution in [1.29, 1.82) is 0 Å². The van der Waals surface area contributed by atoms with Gasteiger partial charge in [-0.05, 0) is 38.5 Å². The molecule has 4 nitrogen and oxygen atoms in total. The minimum absolute atomic E-state index is 0.00914. The van der Waals surface area contributed by atoms with E-state index in [4.69, 9.17) is 5.11 Å². The first-order valence-corrected chi connectivity index (χ1v) is 7.22. The molecule has 1 amide bonds. The molecule has 1 aliphatic carbocycles. The van der Waals surface area contributed by atoms with Gasteiger partial charge < -0.3 is 10.4 Å². The lowest BCUT2D eigenvalue weighted by Gasteiger charge is -2.31. The Morgan fingerprint density at radius 2 is 2.00 bits per heavy atom. The van der Waals surface area contributed by atoms with Gasteiger partial charge in [-0.15, -0.1) is 0 Å². The quantitative estimate of drug-likeness (QED) is 0.697. The standard InChI is InChI=1S/C15H25NO3/c1-3-15(4-2,11-14(18)19)16-13(17)10-12-8-6-5-7-9-12/h8H,3-7,9-11H2,1-2H3,(H,16,17)(H,18,19). The Balaban J connectivity index is 2.60. The van der Waals surface area contributed by atoms with Gasteiger partial charge in [0.2, 0.25) is 5.91 Å². The number of allylic oxidation sites excluding steroid dienone is 1. The fraction of sp³-hybridized carbons (Fsp3) is 0.733. The number of nitrogens with one attached hydrogen (secondary N) is 1. The molecule has 0 radical (unpaired) electrons. The largest absolute Gasteiger partial charge is 0.481 e. The Hall–Kier alpha value is -1.32. The minimum atomic E-state index is -0.860. The molecule has 0 aromatic heterocycles. The summed E-state index contributed by atoms with van der Waals surface area (Å²) in [4.78, 5) is 23.0. The number of hydrogen-bond donors (Lipinski definition) is 2. The van der Waals surface area contributed by atoms with Gasteiger partial charge in [-0.1, -0.05) is 25.5 Å². The van der Waals surface area contributed by atoms with Crippen LogP contribution in [-0.2, 0) is 9.59 Å². The second-order valence-corrected chi connectivity index (χ2v) is 5.39. The zero-order valence-electron chi connectivity index (χ0n) is 12.0. The average molecular weight is 267 g/mol. The Labute approximate surface area is 115 Å². The molecule has 0 atom stereocenters. The van der Waals surface area contributed by atoms with E-state index in [9.17, 15) is 9.59 Å². The Morgan fingerprint density at radius 3 is 2.47 bits per heavy atom. The van der Waals surface area contributed by atoms with Crippen molar-refractivity contribution in [2.45, 2.75) is 70.8 Å². The van der Waals surface area contributed by atoms with E-state index in [2.05, 4.69) is 11.4 Å². The molecule has 0 aromatic carbocycles. The fourth-order valence-electron chi connectivity index (χ4n) is 2.62. The van der Waals surface area contributed by atoms with Crippen LogP contribution in [0.1, 0.15) is 65.2 Å². The van der Waals surface area contributed by atoms with E-state index < -0.39 is 11.5 Å². The second kappa shape index (κ2) is 7.31. The molecule has 0 spiro atoms. The van der Waals surface area contributed by atoms with Gasteiger partial charge in [0.05, 0.1) is 6.42 Å². The molecule has 19 heavy (non-hydrogen) atoms. The number of aliphatic carboxylic acids is 1. The van der Waals surface area contributed by atoms with Crippen LogP contribution in [0.3, 0.4) is 0 Å². The van der Waals surface area contributed by atoms with Crippen LogP contribution in [0.4, 0.5) is 0 Å². The summed E-state index contributed by atoms with van der Waals surface area (Å²) in [5.41, 5.74) is 0.596. The summed E-state index contributed by atoms with van der Waals surface area (Å²) in [7, 11) is 0. The average Bonchev–Trinajstić information content (AvgIpc) is 2.38. The smallest absolute Gasteiger partial charge is 0.305 e. The van der Waals surface area contributed by atoms with E-state index in [0.29, 0.717) is 19.3 Å². The Morgan fingerprint density at radius 1 is 1.32 bits per heavy atom. The van der Waals surface area contributed by atoms with Gasteiger partial charge >= 0.3 is 5.97 Å². The van der Waals surface area contributed by atoms with Gasteiger partial charge in [0.15, 0.2) is 0 Å². The zero-order valence-corrected chi connectivity index (χ0v) is 12.0. The van der Waals surface area contributed by atoms with Crippen molar-refractivity contribution in [3.63, 3.8) is 0 Å². The number of carbonyl (C=O) groups is 2. The first-order valence-electron chi connectivity index (χ1n) is 7.22. The highest BCUT2D eigenvalue weighted by Crippen LogP contribution is 2.23. The third kappa shape index (κ3) is 5.05. The molecule has 1 aliphatic rings. The predicted octanol–water partition coefficient (Wildman–Crippen LogP) is 3.03. The van der Waals surface area contributed by atoms with Gasteiger partial charge in [-0.25, -0.2) is 0 Å². The number of carbonyl (C=O) groups excluding carboxylic acids is 1. The Kier molecular flexibility index (Phi) is 6.06. The number of carboxylic acids is 1. The molecule has 4 heteroatoms. The van der Waals surface area contributed by atoms with E-state index >= 15 is 0 Å². The van der Waals surface area contributed by atoms with Gasteiger partial charge in [-0.2, -0.15) is 0 Å². The molecule has 2 N–H and O–H groups in total. The highest BCUT2D eigenvalue weighted by molar-refractivity contribution is 5.80. The summed E-state index contributed by atoms with van der Waals surface area (Å²) in [5, 5.41) is 11.9. The third-order valence-electron chi connectivity index (χ3n) is 4.02. The van der Waals surface area contributed by atoms with E-state index in [-0.39, 0.29) is 12.3 Å². The molecule has 0 unspecified atom stereocenters. The lowest BCUT2D eigenvalue weighted by molar-refractivity contribution is -0.139. The van der Waals surface area contributed by atoms with Crippen molar-refractivity contribution < 1.29 is 14.7 Å². The maximum Gasteiger partial charge on any atom is 0.305 e. The van der Waals surface area contributed by atoms with Crippen molar-refractivity contribution in [1.82, 2.24) is 5.32 Å². The van der Waals surface area contributed by atoms with Crippen molar-refractivity contribution in [3.8, 4) is 0 Å². The molecule has 0 aromatic rings. The van der Waals surface area contributed by atoms with Crippen molar-refractivity contribution in [2.75, 3.05) is 0 Å². The van der Waals surface area contributed by atoms with Crippen LogP contribution in [0.25, 0.3) is 0 Å². The van der Waals surface area contributed by atoms with Crippen molar-refractivity contribution >= 4 is 11.9 Å². The van der Waals surface area contributed by atoms with E-state index in [1.165, 1.54) is 12.0 Å². The topological polar surface area (TPSA) is 66.4 Å². The molecular formula is C15H25NO3. The normalized spacial score (nSPS) is 15.8. The summed E-state index contributed by atoms with van der Waals surface area (Å²) < 4.78 is 0. The summed E-state index contributed by atoms with van der Waals surface area (Å²) in [6.07, 6.45) is 8.26. The molecule has 108 valence electrons. The van der Waals surface area contributed by atoms with Crippen molar-refractivity contribution in [2.24, 2.45) is 0 Å². The second-order valence-electron chi connectivity index (χ2n) is 5.39. The van der Waals surface area contributed by atoms with Crippen LogP contribution in [0.2, 0.25) is 0 Å². The number of rotatable bonds is 7. The van der Waals surface area contributed by atoms with Crippen LogP contribution < -0.4 is 5.32 Å². The molecule has 0 fully saturated rings. The van der Waals surface area contributed by atoms with Gasteiger partial charge in [-0.3, -0.25) is 9.59 Å². The zero-order chi connectivity index (χ0) is 14.3. The van der Waals surface area contributed by atoms with Gasteiger partial charge in [0.25, 0.3) is 0 Å². The van der Waals surface area contributed by atoms with Crippen LogP contribution in [0.15, 0.2) is 11.6 Å². The van der Waals surface area contributed by atoms with Crippen LogP contribution in [0.5, 0.6) is 0 Å². The lowest BCUT2D eigenvalue weighted by Crippen LogP contribution is -2.49. The third-order valence-corrected chi connectivity index (χ3v) is 4.02. The van der Waals surface area contributed by atoms with E-state index in [0.717, 1.165) is 19.3 Å². The summed E-state index contributed by atoms with van der Waals surface area (Å²) in [6, 6.07) is 0. The van der Waals surface area contributed by atoms with E-state index in [1.807, 2.05) is 13.8 Å². The SMILES string of the molecule is CCC(CC)(CC(=O)O)NC(=O)CC1=CCCCC1.